The van der Waals surface area contributed by atoms with E-state index in [2.05, 4.69) is 4.98 Å². The highest BCUT2D eigenvalue weighted by molar-refractivity contribution is 6.11. The van der Waals surface area contributed by atoms with Crippen LogP contribution in [0, 0.1) is 6.92 Å². The van der Waals surface area contributed by atoms with E-state index in [0.717, 1.165) is 27.8 Å². The molecule has 1 amide bonds. The molecule has 126 valence electrons. The Morgan fingerprint density at radius 1 is 1.16 bits per heavy atom. The van der Waals surface area contributed by atoms with E-state index in [1.807, 2.05) is 60.4 Å². The van der Waals surface area contributed by atoms with Crippen molar-refractivity contribution < 1.29 is 9.59 Å². The first-order valence-electron chi connectivity index (χ1n) is 8.30. The molecule has 0 saturated heterocycles. The predicted octanol–water partition coefficient (Wildman–Crippen LogP) is 2.58. The molecule has 1 atom stereocenters. The average molecular weight is 333 g/mol. The molecule has 1 aliphatic rings. The van der Waals surface area contributed by atoms with Crippen LogP contribution in [0.5, 0.6) is 0 Å². The molecule has 0 radical (unpaired) electrons. The number of aromatic amines is 1. The average Bonchev–Trinajstić information content (AvgIpc) is 3.12. The van der Waals surface area contributed by atoms with E-state index in [4.69, 9.17) is 5.73 Å². The fourth-order valence-corrected chi connectivity index (χ4v) is 3.77. The van der Waals surface area contributed by atoms with E-state index in [1.54, 1.807) is 0 Å². The molecule has 0 fully saturated rings. The van der Waals surface area contributed by atoms with Crippen molar-refractivity contribution in [2.75, 3.05) is 11.4 Å². The highest BCUT2D eigenvalue weighted by Gasteiger charge is 2.34. The highest BCUT2D eigenvalue weighted by Crippen LogP contribution is 2.32. The second kappa shape index (κ2) is 5.77. The predicted molar refractivity (Wildman–Crippen MR) is 97.8 cm³/mol. The molecular formula is C20H19N3O2. The normalized spacial score (nSPS) is 16.2. The van der Waals surface area contributed by atoms with Gasteiger partial charge in [0.05, 0.1) is 6.54 Å². The van der Waals surface area contributed by atoms with Gasteiger partial charge < -0.3 is 15.6 Å². The van der Waals surface area contributed by atoms with Gasteiger partial charge >= 0.3 is 0 Å². The number of aromatic nitrogens is 1. The summed E-state index contributed by atoms with van der Waals surface area (Å²) in [4.78, 5) is 30.0. The number of nitrogens with zero attached hydrogens (tertiary/aromatic N) is 1. The highest BCUT2D eigenvalue weighted by atomic mass is 16.1. The maximum atomic E-state index is 13.1. The van der Waals surface area contributed by atoms with Crippen LogP contribution < -0.4 is 10.6 Å². The zero-order chi connectivity index (χ0) is 17.6. The summed E-state index contributed by atoms with van der Waals surface area (Å²) in [7, 11) is 0. The Morgan fingerprint density at radius 2 is 1.88 bits per heavy atom. The first-order chi connectivity index (χ1) is 12.1. The molecule has 5 heteroatoms. The Balaban J connectivity index is 1.72. The van der Waals surface area contributed by atoms with E-state index < -0.39 is 11.9 Å². The van der Waals surface area contributed by atoms with Gasteiger partial charge in [0.1, 0.15) is 6.04 Å². The number of amides is 1. The molecular weight excluding hydrogens is 314 g/mol. The van der Waals surface area contributed by atoms with Gasteiger partial charge in [0.15, 0.2) is 5.78 Å². The van der Waals surface area contributed by atoms with Gasteiger partial charge in [0.25, 0.3) is 0 Å². The van der Waals surface area contributed by atoms with Crippen LogP contribution in [0.2, 0.25) is 0 Å². The third-order valence-corrected chi connectivity index (χ3v) is 4.91. The van der Waals surface area contributed by atoms with Gasteiger partial charge in [-0.25, -0.2) is 0 Å². The zero-order valence-corrected chi connectivity index (χ0v) is 14.0. The Morgan fingerprint density at radius 3 is 2.68 bits per heavy atom. The maximum Gasteiger partial charge on any atom is 0.240 e. The molecule has 0 saturated carbocycles. The van der Waals surface area contributed by atoms with Gasteiger partial charge in [0, 0.05) is 34.3 Å². The molecule has 3 aromatic rings. The van der Waals surface area contributed by atoms with E-state index in [-0.39, 0.29) is 12.3 Å². The minimum absolute atomic E-state index is 0.0158. The number of para-hydroxylation sites is 2. The number of carbonyl (C=O) groups excluding carboxylic acids is 2. The molecule has 2 aromatic carbocycles. The molecule has 1 aromatic heterocycles. The van der Waals surface area contributed by atoms with Crippen molar-refractivity contribution in [1.29, 1.82) is 0 Å². The smallest absolute Gasteiger partial charge is 0.240 e. The van der Waals surface area contributed by atoms with E-state index in [0.29, 0.717) is 12.0 Å². The minimum Gasteiger partial charge on any atom is -0.368 e. The molecule has 0 unspecified atom stereocenters. The lowest BCUT2D eigenvalue weighted by atomic mass is 10.1. The van der Waals surface area contributed by atoms with Crippen LogP contribution in [-0.2, 0) is 11.2 Å². The third kappa shape index (κ3) is 2.48. The van der Waals surface area contributed by atoms with Crippen LogP contribution in [0.3, 0.4) is 0 Å². The largest absolute Gasteiger partial charge is 0.368 e. The number of hydrogen-bond donors (Lipinski definition) is 2. The number of nitrogens with one attached hydrogen (secondary N) is 1. The fraction of sp³-hybridized carbons (Fsp3) is 0.200. The van der Waals surface area contributed by atoms with Gasteiger partial charge in [-0.2, -0.15) is 0 Å². The number of carbonyl (C=O) groups is 2. The lowest BCUT2D eigenvalue weighted by Crippen LogP contribution is -2.45. The van der Waals surface area contributed by atoms with Gasteiger partial charge in [-0.1, -0.05) is 36.4 Å². The van der Waals surface area contributed by atoms with Crippen molar-refractivity contribution in [3.8, 4) is 0 Å². The number of primary amides is 1. The Bertz CT molecular complexity index is 990. The summed E-state index contributed by atoms with van der Waals surface area (Å²) in [6.07, 6.45) is 0.547. The molecule has 25 heavy (non-hydrogen) atoms. The van der Waals surface area contributed by atoms with Crippen molar-refractivity contribution in [2.45, 2.75) is 19.4 Å². The number of fused-ring (bicyclic) bond motifs is 2. The van der Waals surface area contributed by atoms with Crippen LogP contribution in [-0.4, -0.2) is 29.3 Å². The first kappa shape index (κ1) is 15.4. The maximum absolute atomic E-state index is 13.1. The van der Waals surface area contributed by atoms with Gasteiger partial charge in [-0.15, -0.1) is 0 Å². The summed E-state index contributed by atoms with van der Waals surface area (Å²) < 4.78 is 0. The Kier molecular flexibility index (Phi) is 3.57. The minimum atomic E-state index is -0.480. The quantitative estimate of drug-likeness (QED) is 0.720. The van der Waals surface area contributed by atoms with Crippen molar-refractivity contribution in [1.82, 2.24) is 4.98 Å². The second-order valence-electron chi connectivity index (χ2n) is 6.47. The lowest BCUT2D eigenvalue weighted by molar-refractivity contribution is -0.119. The van der Waals surface area contributed by atoms with Crippen LogP contribution in [0.15, 0.2) is 48.5 Å². The van der Waals surface area contributed by atoms with Crippen LogP contribution >= 0.6 is 0 Å². The summed E-state index contributed by atoms with van der Waals surface area (Å²) in [5.41, 5.74) is 10.0. The number of benzene rings is 2. The van der Waals surface area contributed by atoms with Crippen molar-refractivity contribution in [3.05, 3.63) is 65.4 Å². The van der Waals surface area contributed by atoms with Crippen LogP contribution in [0.25, 0.3) is 10.9 Å². The molecule has 0 aliphatic carbocycles. The third-order valence-electron chi connectivity index (χ3n) is 4.91. The van der Waals surface area contributed by atoms with Crippen molar-refractivity contribution >= 4 is 28.3 Å². The summed E-state index contributed by atoms with van der Waals surface area (Å²) >= 11 is 0. The molecule has 5 nitrogen and oxygen atoms in total. The second-order valence-corrected chi connectivity index (χ2v) is 6.47. The molecule has 2 heterocycles. The lowest BCUT2D eigenvalue weighted by Gasteiger charge is -2.24. The van der Waals surface area contributed by atoms with Crippen LogP contribution in [0.1, 0.15) is 21.6 Å². The summed E-state index contributed by atoms with van der Waals surface area (Å²) in [5, 5.41) is 0.910. The number of ketones is 1. The number of Topliss-reactive ketones (excluding diaryl/α,β-unsaturated/α-hetero) is 1. The number of nitrogens with two attached hydrogens (primary N) is 1. The van der Waals surface area contributed by atoms with Gasteiger partial charge in [-0.05, 0) is 24.6 Å². The van der Waals surface area contributed by atoms with Crippen molar-refractivity contribution in [2.24, 2.45) is 5.73 Å². The summed E-state index contributed by atoms with van der Waals surface area (Å²) in [5.74, 6) is -0.419. The number of aryl methyl sites for hydroxylation is 1. The molecule has 3 N–H and O–H groups in total. The first-order valence-corrected chi connectivity index (χ1v) is 8.30. The monoisotopic (exact) mass is 333 g/mol. The number of H-pyrrole nitrogens is 1. The number of hydrogen-bond acceptors (Lipinski definition) is 3. The fourth-order valence-electron chi connectivity index (χ4n) is 3.77. The number of anilines is 1. The molecule has 1 aliphatic heterocycles. The topological polar surface area (TPSA) is 79.2 Å². The van der Waals surface area contributed by atoms with Gasteiger partial charge in [-0.3, -0.25) is 9.59 Å². The SMILES string of the molecule is Cc1[nH]c2ccccc2c1C(=O)CN1c2ccccc2C[C@H]1C(N)=O. The summed E-state index contributed by atoms with van der Waals surface area (Å²) in [6.45, 7) is 2.03. The molecule has 0 spiro atoms. The Hall–Kier alpha value is -3.08. The van der Waals surface area contributed by atoms with Crippen LogP contribution in [0.4, 0.5) is 5.69 Å². The molecule has 0 bridgehead atoms. The van der Waals surface area contributed by atoms with E-state index in [1.165, 1.54) is 0 Å². The van der Waals surface area contributed by atoms with E-state index >= 15 is 0 Å². The van der Waals surface area contributed by atoms with Gasteiger partial charge in [0.2, 0.25) is 5.91 Å². The summed E-state index contributed by atoms with van der Waals surface area (Å²) in [6, 6.07) is 15.0. The molecule has 4 rings (SSSR count). The standard InChI is InChI=1S/C20H19N3O2/c1-12-19(14-7-3-4-8-15(14)22-12)18(24)11-23-16-9-5-2-6-13(16)10-17(23)20(21)25/h2-9,17,22H,10-11H2,1H3,(H2,21,25)/t17-/m0/s1. The number of rotatable bonds is 4. The zero-order valence-electron chi connectivity index (χ0n) is 14.0. The van der Waals surface area contributed by atoms with E-state index in [9.17, 15) is 9.59 Å². The van der Waals surface area contributed by atoms with Crippen molar-refractivity contribution in [3.63, 3.8) is 0 Å². The Labute approximate surface area is 145 Å².